The lowest BCUT2D eigenvalue weighted by atomic mass is 10.1. The molecule has 0 radical (unpaired) electrons. The van der Waals surface area contributed by atoms with Crippen LogP contribution in [0.15, 0.2) is 4.99 Å². The summed E-state index contributed by atoms with van der Waals surface area (Å²) in [7, 11) is 0. The molecular weight excluding hydrogens is 414 g/mol. The maximum atomic E-state index is 12.6. The van der Waals surface area contributed by atoms with Gasteiger partial charge in [-0.15, -0.1) is 0 Å². The maximum absolute atomic E-state index is 12.6. The van der Waals surface area contributed by atoms with Crippen LogP contribution >= 0.6 is 11.8 Å². The Labute approximate surface area is 180 Å². The van der Waals surface area contributed by atoms with Gasteiger partial charge in [0, 0.05) is 6.54 Å². The Hall–Kier alpha value is -2.54. The molecule has 0 aliphatic carbocycles. The van der Waals surface area contributed by atoms with E-state index in [4.69, 9.17) is 17.2 Å². The van der Waals surface area contributed by atoms with Crippen LogP contribution in [0, 0.1) is 0 Å². The van der Waals surface area contributed by atoms with Crippen LogP contribution in [-0.2, 0) is 19.2 Å². The van der Waals surface area contributed by atoms with E-state index in [1.807, 2.05) is 6.26 Å². The first-order valence-electron chi connectivity index (χ1n) is 9.43. The normalized spacial score (nSPS) is 14.5. The van der Waals surface area contributed by atoms with Gasteiger partial charge in [-0.3, -0.25) is 19.4 Å². The van der Waals surface area contributed by atoms with Crippen LogP contribution in [0.3, 0.4) is 0 Å². The van der Waals surface area contributed by atoms with Gasteiger partial charge < -0.3 is 38.3 Å². The molecule has 4 atom stereocenters. The minimum absolute atomic E-state index is 0.0876. The number of nitrogens with one attached hydrogen (secondary N) is 3. The van der Waals surface area contributed by atoms with Crippen LogP contribution in [-0.4, -0.2) is 77.5 Å². The predicted octanol–water partition coefficient (Wildman–Crippen LogP) is -2.30. The van der Waals surface area contributed by atoms with E-state index in [1.54, 1.807) is 0 Å². The number of carbonyl (C=O) groups is 4. The zero-order valence-corrected chi connectivity index (χ0v) is 18.3. The average molecular weight is 448 g/mol. The van der Waals surface area contributed by atoms with Crippen molar-refractivity contribution >= 4 is 41.4 Å². The number of hydrogen-bond acceptors (Lipinski definition) is 7. The molecule has 10 N–H and O–H groups in total. The summed E-state index contributed by atoms with van der Waals surface area (Å²) in [6.07, 6.45) is 2.68. The number of aliphatic imine (C=N–C) groups is 1. The first-order chi connectivity index (χ1) is 14.0. The molecule has 0 bridgehead atoms. The summed E-state index contributed by atoms with van der Waals surface area (Å²) in [6.45, 7) is 3.15. The zero-order valence-electron chi connectivity index (χ0n) is 17.5. The highest BCUT2D eigenvalue weighted by atomic mass is 32.2. The lowest BCUT2D eigenvalue weighted by molar-refractivity contribution is -0.142. The van der Waals surface area contributed by atoms with Gasteiger partial charge in [0.25, 0.3) is 0 Å². The monoisotopic (exact) mass is 447 g/mol. The predicted molar refractivity (Wildman–Crippen MR) is 116 cm³/mol. The van der Waals surface area contributed by atoms with E-state index < -0.39 is 47.9 Å². The SMILES string of the molecule is CSCCC(NC(=O)C(C)NC(=O)C(CCCN=C(N)N)NC(=O)C(C)N)C(=O)O. The molecule has 0 saturated carbocycles. The molecule has 172 valence electrons. The highest BCUT2D eigenvalue weighted by Gasteiger charge is 2.27. The van der Waals surface area contributed by atoms with E-state index in [2.05, 4.69) is 20.9 Å². The van der Waals surface area contributed by atoms with Crippen LogP contribution in [0.5, 0.6) is 0 Å². The van der Waals surface area contributed by atoms with Crippen molar-refractivity contribution in [3.05, 3.63) is 0 Å². The van der Waals surface area contributed by atoms with Crippen molar-refractivity contribution in [2.45, 2.75) is 57.3 Å². The van der Waals surface area contributed by atoms with Crippen molar-refractivity contribution in [3.63, 3.8) is 0 Å². The minimum Gasteiger partial charge on any atom is -0.480 e. The number of thioether (sulfide) groups is 1. The van der Waals surface area contributed by atoms with E-state index >= 15 is 0 Å². The molecule has 0 aromatic carbocycles. The number of amides is 3. The van der Waals surface area contributed by atoms with Gasteiger partial charge >= 0.3 is 5.97 Å². The smallest absolute Gasteiger partial charge is 0.326 e. The lowest BCUT2D eigenvalue weighted by Gasteiger charge is -2.23. The van der Waals surface area contributed by atoms with E-state index in [-0.39, 0.29) is 25.3 Å². The van der Waals surface area contributed by atoms with Crippen molar-refractivity contribution in [2.24, 2.45) is 22.2 Å². The van der Waals surface area contributed by atoms with Gasteiger partial charge in [-0.05, 0) is 45.1 Å². The molecule has 3 amide bonds. The molecular formula is C17H33N7O5S. The first kappa shape index (κ1) is 27.5. The van der Waals surface area contributed by atoms with E-state index in [0.29, 0.717) is 12.2 Å². The Balaban J connectivity index is 4.98. The number of aliphatic carboxylic acids is 1. The number of carboxylic acid groups (broad SMARTS) is 1. The summed E-state index contributed by atoms with van der Waals surface area (Å²) in [5.41, 5.74) is 16.0. The molecule has 0 aromatic heterocycles. The molecule has 0 fully saturated rings. The largest absolute Gasteiger partial charge is 0.480 e. The Morgan fingerprint density at radius 1 is 0.967 bits per heavy atom. The molecule has 12 nitrogen and oxygen atoms in total. The Morgan fingerprint density at radius 3 is 2.07 bits per heavy atom. The van der Waals surface area contributed by atoms with E-state index in [1.165, 1.54) is 25.6 Å². The fourth-order valence-corrected chi connectivity index (χ4v) is 2.72. The van der Waals surface area contributed by atoms with Gasteiger partial charge in [0.15, 0.2) is 5.96 Å². The molecule has 0 rings (SSSR count). The number of carboxylic acids is 1. The molecule has 4 unspecified atom stereocenters. The summed E-state index contributed by atoms with van der Waals surface area (Å²) in [4.78, 5) is 51.9. The van der Waals surface area contributed by atoms with Gasteiger partial charge in [-0.1, -0.05) is 0 Å². The first-order valence-corrected chi connectivity index (χ1v) is 10.8. The number of guanidine groups is 1. The second kappa shape index (κ2) is 14.4. The molecule has 0 spiro atoms. The summed E-state index contributed by atoms with van der Waals surface area (Å²) < 4.78 is 0. The second-order valence-corrected chi connectivity index (χ2v) is 7.70. The van der Waals surface area contributed by atoms with Crippen LogP contribution in [0.4, 0.5) is 0 Å². The Bertz CT molecular complexity index is 626. The van der Waals surface area contributed by atoms with Crippen molar-refractivity contribution in [2.75, 3.05) is 18.6 Å². The summed E-state index contributed by atoms with van der Waals surface area (Å²) >= 11 is 1.46. The lowest BCUT2D eigenvalue weighted by Crippen LogP contribution is -2.56. The minimum atomic E-state index is -1.15. The fraction of sp³-hybridized carbons (Fsp3) is 0.706. The Morgan fingerprint density at radius 2 is 1.57 bits per heavy atom. The van der Waals surface area contributed by atoms with Crippen LogP contribution in [0.25, 0.3) is 0 Å². The van der Waals surface area contributed by atoms with Crippen molar-refractivity contribution in [1.82, 2.24) is 16.0 Å². The third-order valence-corrected chi connectivity index (χ3v) is 4.61. The molecule has 30 heavy (non-hydrogen) atoms. The Kier molecular flexibility index (Phi) is 13.2. The van der Waals surface area contributed by atoms with Crippen LogP contribution in [0.1, 0.15) is 33.1 Å². The third kappa shape index (κ3) is 11.5. The third-order valence-electron chi connectivity index (χ3n) is 3.97. The fourth-order valence-electron chi connectivity index (χ4n) is 2.24. The van der Waals surface area contributed by atoms with Gasteiger partial charge in [-0.2, -0.15) is 11.8 Å². The number of nitrogens with two attached hydrogens (primary N) is 3. The van der Waals surface area contributed by atoms with E-state index in [9.17, 15) is 24.3 Å². The van der Waals surface area contributed by atoms with Crippen LogP contribution in [0.2, 0.25) is 0 Å². The van der Waals surface area contributed by atoms with Crippen LogP contribution < -0.4 is 33.2 Å². The maximum Gasteiger partial charge on any atom is 0.326 e. The van der Waals surface area contributed by atoms with Gasteiger partial charge in [0.1, 0.15) is 18.1 Å². The molecule has 0 aliphatic rings. The summed E-state index contributed by atoms with van der Waals surface area (Å²) in [5, 5.41) is 16.6. The highest BCUT2D eigenvalue weighted by molar-refractivity contribution is 7.98. The number of hydrogen-bond donors (Lipinski definition) is 7. The van der Waals surface area contributed by atoms with Crippen molar-refractivity contribution in [1.29, 1.82) is 0 Å². The summed E-state index contributed by atoms with van der Waals surface area (Å²) in [5.74, 6) is -2.47. The quantitative estimate of drug-likeness (QED) is 0.0864. The average Bonchev–Trinajstić information content (AvgIpc) is 2.66. The second-order valence-electron chi connectivity index (χ2n) is 6.71. The van der Waals surface area contributed by atoms with E-state index in [0.717, 1.165) is 0 Å². The standard InChI is InChI=1S/C17H33N7O5S/c1-9(18)13(25)23-11(5-4-7-21-17(19)20)15(27)22-10(2)14(26)24-12(16(28)29)6-8-30-3/h9-12H,4-8,18H2,1-3H3,(H,22,27)(H,23,25)(H,24,26)(H,28,29)(H4,19,20,21). The molecule has 0 heterocycles. The number of nitrogens with zero attached hydrogens (tertiary/aromatic N) is 1. The highest BCUT2D eigenvalue weighted by Crippen LogP contribution is 2.03. The number of rotatable bonds is 14. The van der Waals surface area contributed by atoms with Gasteiger partial charge in [0.05, 0.1) is 6.04 Å². The zero-order chi connectivity index (χ0) is 23.3. The van der Waals surface area contributed by atoms with Crippen molar-refractivity contribution in [3.8, 4) is 0 Å². The number of carbonyl (C=O) groups excluding carboxylic acids is 3. The summed E-state index contributed by atoms with van der Waals surface area (Å²) in [6, 6.07) is -3.86. The molecule has 0 saturated heterocycles. The topological polar surface area (TPSA) is 215 Å². The molecule has 0 aromatic rings. The van der Waals surface area contributed by atoms with Gasteiger partial charge in [0.2, 0.25) is 17.7 Å². The molecule has 0 aliphatic heterocycles. The molecule has 13 heteroatoms. The van der Waals surface area contributed by atoms with Crippen molar-refractivity contribution < 1.29 is 24.3 Å². The van der Waals surface area contributed by atoms with Gasteiger partial charge in [-0.25, -0.2) is 4.79 Å².